The van der Waals surface area contributed by atoms with E-state index in [1.807, 2.05) is 23.7 Å². The van der Waals surface area contributed by atoms with Crippen LogP contribution < -0.4 is 0 Å². The highest BCUT2D eigenvalue weighted by atomic mass is 35.5. The fourth-order valence-electron chi connectivity index (χ4n) is 1.89. The molecule has 2 aromatic rings. The average molecular weight is 391 g/mol. The molecule has 0 atom stereocenters. The Bertz CT molecular complexity index is 693. The van der Waals surface area contributed by atoms with Gasteiger partial charge in [0.05, 0.1) is 5.69 Å². The molecule has 0 bridgehead atoms. The first kappa shape index (κ1) is 20.8. The van der Waals surface area contributed by atoms with Crippen LogP contribution in [0.25, 0.3) is 0 Å². The summed E-state index contributed by atoms with van der Waals surface area (Å²) in [6.07, 6.45) is 0. The number of hydrogen-bond donors (Lipinski definition) is 2. The van der Waals surface area contributed by atoms with Crippen molar-refractivity contribution in [3.8, 4) is 0 Å². The van der Waals surface area contributed by atoms with Gasteiger partial charge in [-0.05, 0) is 24.1 Å². The van der Waals surface area contributed by atoms with Gasteiger partial charge in [0.15, 0.2) is 0 Å². The fourth-order valence-corrected chi connectivity index (χ4v) is 3.77. The zero-order valence-electron chi connectivity index (χ0n) is 13.9. The third-order valence-corrected chi connectivity index (χ3v) is 4.48. The van der Waals surface area contributed by atoms with Crippen LogP contribution >= 0.6 is 35.0 Å². The predicted molar refractivity (Wildman–Crippen MR) is 97.1 cm³/mol. The number of halogens is 2. The highest BCUT2D eigenvalue weighted by Gasteiger charge is 2.18. The van der Waals surface area contributed by atoms with Gasteiger partial charge >= 0.3 is 0 Å². The molecule has 0 radical (unpaired) electrons. The lowest BCUT2D eigenvalue weighted by atomic mass is 10.2. The Morgan fingerprint density at radius 2 is 1.79 bits per heavy atom. The normalized spacial score (nSPS) is 10.5. The lowest BCUT2D eigenvalue weighted by Crippen LogP contribution is -1.98. The molecule has 132 valence electrons. The van der Waals surface area contributed by atoms with Crippen LogP contribution in [0.5, 0.6) is 0 Å². The molecule has 0 saturated carbocycles. The van der Waals surface area contributed by atoms with Crippen molar-refractivity contribution >= 4 is 40.9 Å². The van der Waals surface area contributed by atoms with E-state index in [1.54, 1.807) is 17.8 Å². The summed E-state index contributed by atoms with van der Waals surface area (Å²) in [5, 5.41) is 19.0. The molecule has 0 amide bonds. The Labute approximate surface area is 155 Å². The fraction of sp³-hybridized carbons (Fsp3) is 0.375. The van der Waals surface area contributed by atoms with E-state index in [0.29, 0.717) is 15.9 Å². The minimum Gasteiger partial charge on any atom is -0.481 e. The van der Waals surface area contributed by atoms with E-state index < -0.39 is 5.97 Å². The van der Waals surface area contributed by atoms with Gasteiger partial charge in [-0.2, -0.15) is 0 Å². The topological polar surface area (TPSA) is 75.3 Å². The number of carbonyl (C=O) groups is 1. The van der Waals surface area contributed by atoms with E-state index in [-0.39, 0.29) is 12.5 Å². The quantitative estimate of drug-likeness (QED) is 0.798. The van der Waals surface area contributed by atoms with Gasteiger partial charge in [-0.25, -0.2) is 4.98 Å². The zero-order valence-corrected chi connectivity index (χ0v) is 16.2. The minimum absolute atomic E-state index is 0.0763. The predicted octanol–water partition coefficient (Wildman–Crippen LogP) is 4.58. The van der Waals surface area contributed by atoms with Gasteiger partial charge in [-0.1, -0.05) is 48.8 Å². The van der Waals surface area contributed by atoms with Crippen molar-refractivity contribution in [3.63, 3.8) is 0 Å². The van der Waals surface area contributed by atoms with E-state index in [1.165, 1.54) is 0 Å². The van der Waals surface area contributed by atoms with Gasteiger partial charge in [0, 0.05) is 28.9 Å². The van der Waals surface area contributed by atoms with Gasteiger partial charge in [0.1, 0.15) is 17.5 Å². The molecule has 8 heteroatoms. The number of aliphatic hydroxyl groups is 1. The van der Waals surface area contributed by atoms with Crippen LogP contribution in [0.15, 0.2) is 28.1 Å². The number of hydrogen-bond acceptors (Lipinski definition) is 4. The molecule has 0 unspecified atom stereocenters. The highest BCUT2D eigenvalue weighted by Crippen LogP contribution is 2.36. The second-order valence-corrected chi connectivity index (χ2v) is 7.25. The molecule has 1 aromatic carbocycles. The van der Waals surface area contributed by atoms with Gasteiger partial charge in [0.25, 0.3) is 5.97 Å². The number of aromatic nitrogens is 2. The minimum atomic E-state index is -0.833. The van der Waals surface area contributed by atoms with Gasteiger partial charge < -0.3 is 14.8 Å². The van der Waals surface area contributed by atoms with Crippen LogP contribution in [0, 0.1) is 0 Å². The molecule has 0 aliphatic heterocycles. The lowest BCUT2D eigenvalue weighted by Gasteiger charge is -2.09. The first-order valence-electron chi connectivity index (χ1n) is 7.15. The maximum Gasteiger partial charge on any atom is 0.300 e. The van der Waals surface area contributed by atoms with Crippen LogP contribution in [0.2, 0.25) is 10.0 Å². The third-order valence-electron chi connectivity index (χ3n) is 2.90. The molecule has 0 aliphatic carbocycles. The van der Waals surface area contributed by atoms with Gasteiger partial charge in [0.2, 0.25) is 0 Å². The Hall–Kier alpha value is -1.21. The Balaban J connectivity index is 0.000000648. The molecule has 1 heterocycles. The van der Waals surface area contributed by atoms with Crippen molar-refractivity contribution in [3.05, 3.63) is 39.8 Å². The first-order chi connectivity index (χ1) is 11.1. The number of imidazole rings is 1. The molecule has 2 rings (SSSR count). The van der Waals surface area contributed by atoms with Crippen molar-refractivity contribution in [2.75, 3.05) is 0 Å². The molecule has 1 aromatic heterocycles. The molecular formula is C16H20Cl2N2O3S. The summed E-state index contributed by atoms with van der Waals surface area (Å²) < 4.78 is 1.91. The zero-order chi connectivity index (χ0) is 18.4. The summed E-state index contributed by atoms with van der Waals surface area (Å²) in [4.78, 5) is 14.5. The second kappa shape index (κ2) is 9.32. The van der Waals surface area contributed by atoms with E-state index in [4.69, 9.17) is 33.1 Å². The maximum atomic E-state index is 9.36. The molecule has 24 heavy (non-hydrogen) atoms. The molecular weight excluding hydrogens is 371 g/mol. The number of rotatable bonds is 4. The SMILES string of the molecule is CC(=O)O.CC(C)c1nc(CO)n(C)c1Sc1cc(Cl)cc(Cl)c1. The summed E-state index contributed by atoms with van der Waals surface area (Å²) in [5.74, 6) is 0.1000. The molecule has 2 N–H and O–H groups in total. The number of nitrogens with zero attached hydrogens (tertiary/aromatic N) is 2. The van der Waals surface area contributed by atoms with Gasteiger partial charge in [-0.3, -0.25) is 4.79 Å². The van der Waals surface area contributed by atoms with Crippen molar-refractivity contribution in [1.82, 2.24) is 9.55 Å². The van der Waals surface area contributed by atoms with Crippen molar-refractivity contribution in [2.24, 2.45) is 7.05 Å². The number of aliphatic carboxylic acids is 1. The Morgan fingerprint density at radius 1 is 1.29 bits per heavy atom. The van der Waals surface area contributed by atoms with Crippen LogP contribution in [0.4, 0.5) is 0 Å². The molecule has 0 saturated heterocycles. The first-order valence-corrected chi connectivity index (χ1v) is 8.72. The molecule has 0 spiro atoms. The van der Waals surface area contributed by atoms with Crippen molar-refractivity contribution in [2.45, 2.75) is 43.2 Å². The van der Waals surface area contributed by atoms with Crippen LogP contribution in [0.3, 0.4) is 0 Å². The average Bonchev–Trinajstić information content (AvgIpc) is 2.74. The standard InChI is InChI=1S/C14H16Cl2N2OS.C2H4O2/c1-8(2)13-14(18(3)12(7-19)17-13)20-11-5-9(15)4-10(16)6-11;1-2(3)4/h4-6,8,19H,7H2,1-3H3;1H3,(H,3,4). The van der Waals surface area contributed by atoms with Crippen LogP contribution in [-0.4, -0.2) is 25.7 Å². The molecule has 5 nitrogen and oxygen atoms in total. The Kier molecular flexibility index (Phi) is 8.09. The third kappa shape index (κ3) is 6.02. The summed E-state index contributed by atoms with van der Waals surface area (Å²) in [5.41, 5.74) is 0.970. The molecule has 0 fully saturated rings. The summed E-state index contributed by atoms with van der Waals surface area (Å²) in [6, 6.07) is 5.45. The van der Waals surface area contributed by atoms with E-state index in [9.17, 15) is 5.11 Å². The van der Waals surface area contributed by atoms with E-state index >= 15 is 0 Å². The lowest BCUT2D eigenvalue weighted by molar-refractivity contribution is -0.134. The van der Waals surface area contributed by atoms with E-state index in [0.717, 1.165) is 22.5 Å². The highest BCUT2D eigenvalue weighted by molar-refractivity contribution is 7.99. The maximum absolute atomic E-state index is 9.36. The summed E-state index contributed by atoms with van der Waals surface area (Å²) >= 11 is 13.6. The number of aliphatic hydroxyl groups excluding tert-OH is 1. The largest absolute Gasteiger partial charge is 0.481 e. The summed E-state index contributed by atoms with van der Waals surface area (Å²) in [7, 11) is 1.90. The number of carboxylic acids is 1. The Morgan fingerprint density at radius 3 is 2.21 bits per heavy atom. The monoisotopic (exact) mass is 390 g/mol. The molecule has 0 aliphatic rings. The second-order valence-electron chi connectivity index (χ2n) is 5.32. The van der Waals surface area contributed by atoms with Crippen LogP contribution in [0.1, 0.15) is 38.2 Å². The van der Waals surface area contributed by atoms with Crippen molar-refractivity contribution < 1.29 is 15.0 Å². The van der Waals surface area contributed by atoms with E-state index in [2.05, 4.69) is 18.8 Å². The van der Waals surface area contributed by atoms with Gasteiger partial charge in [-0.15, -0.1) is 0 Å². The summed E-state index contributed by atoms with van der Waals surface area (Å²) in [6.45, 7) is 5.17. The number of carboxylic acid groups (broad SMARTS) is 1. The van der Waals surface area contributed by atoms with Crippen molar-refractivity contribution in [1.29, 1.82) is 0 Å². The number of benzene rings is 1. The smallest absolute Gasteiger partial charge is 0.300 e. The van der Waals surface area contributed by atoms with Crippen LogP contribution in [-0.2, 0) is 18.4 Å².